The lowest BCUT2D eigenvalue weighted by Crippen LogP contribution is -2.26. The van der Waals surface area contributed by atoms with Crippen molar-refractivity contribution in [2.45, 2.75) is 6.42 Å². The van der Waals surface area contributed by atoms with Gasteiger partial charge in [0.25, 0.3) is 5.91 Å². The van der Waals surface area contributed by atoms with Crippen molar-refractivity contribution in [3.63, 3.8) is 0 Å². The fourth-order valence-corrected chi connectivity index (χ4v) is 2.33. The van der Waals surface area contributed by atoms with Crippen LogP contribution in [0.4, 0.5) is 0 Å². The van der Waals surface area contributed by atoms with Crippen molar-refractivity contribution in [3.8, 4) is 11.5 Å². The number of para-hydroxylation sites is 1. The number of fused-ring (bicyclic) bond motifs is 1. The molecule has 1 aromatic heterocycles. The number of nitrogens with zero attached hydrogens (tertiary/aromatic N) is 1. The number of carbonyl (C=O) groups excluding carboxylic acids is 1. The van der Waals surface area contributed by atoms with Gasteiger partial charge in [0.2, 0.25) is 0 Å². The van der Waals surface area contributed by atoms with E-state index in [2.05, 4.69) is 10.3 Å². The molecular formula is C18H16N2O3. The van der Waals surface area contributed by atoms with E-state index in [9.17, 15) is 15.0 Å². The SMILES string of the molecule is O=C(NCCc1ccc(O)c(O)c1)c1ccc2ccccc2n1. The summed E-state index contributed by atoms with van der Waals surface area (Å²) in [5.74, 6) is -0.554. The van der Waals surface area contributed by atoms with Crippen LogP contribution in [-0.4, -0.2) is 27.6 Å². The number of nitrogens with one attached hydrogen (secondary N) is 1. The van der Waals surface area contributed by atoms with Gasteiger partial charge in [0, 0.05) is 11.9 Å². The molecule has 23 heavy (non-hydrogen) atoms. The summed E-state index contributed by atoms with van der Waals surface area (Å²) in [5, 5.41) is 22.5. The van der Waals surface area contributed by atoms with Crippen molar-refractivity contribution in [1.82, 2.24) is 10.3 Å². The van der Waals surface area contributed by atoms with Gasteiger partial charge in [0.05, 0.1) is 5.52 Å². The Morgan fingerprint density at radius 3 is 2.65 bits per heavy atom. The highest BCUT2D eigenvalue weighted by molar-refractivity contribution is 5.94. The second-order valence-electron chi connectivity index (χ2n) is 5.22. The number of aromatic hydroxyl groups is 2. The molecule has 0 unspecified atom stereocenters. The van der Waals surface area contributed by atoms with Crippen LogP contribution < -0.4 is 5.32 Å². The lowest BCUT2D eigenvalue weighted by atomic mass is 10.1. The third-order valence-electron chi connectivity index (χ3n) is 3.57. The van der Waals surface area contributed by atoms with Gasteiger partial charge in [-0.3, -0.25) is 4.79 Å². The van der Waals surface area contributed by atoms with Crippen LogP contribution >= 0.6 is 0 Å². The van der Waals surface area contributed by atoms with Gasteiger partial charge in [-0.25, -0.2) is 4.98 Å². The van der Waals surface area contributed by atoms with Gasteiger partial charge in [0.15, 0.2) is 11.5 Å². The topological polar surface area (TPSA) is 82.5 Å². The molecule has 5 nitrogen and oxygen atoms in total. The summed E-state index contributed by atoms with van der Waals surface area (Å²) in [7, 11) is 0. The van der Waals surface area contributed by atoms with Gasteiger partial charge in [-0.2, -0.15) is 0 Å². The van der Waals surface area contributed by atoms with Crippen molar-refractivity contribution in [2.75, 3.05) is 6.54 Å². The van der Waals surface area contributed by atoms with Crippen molar-refractivity contribution in [3.05, 3.63) is 65.9 Å². The summed E-state index contributed by atoms with van der Waals surface area (Å²) >= 11 is 0. The van der Waals surface area contributed by atoms with E-state index in [1.165, 1.54) is 12.1 Å². The van der Waals surface area contributed by atoms with Crippen LogP contribution in [0.25, 0.3) is 10.9 Å². The molecule has 0 spiro atoms. The van der Waals surface area contributed by atoms with Crippen LogP contribution in [0.2, 0.25) is 0 Å². The van der Waals surface area contributed by atoms with E-state index >= 15 is 0 Å². The number of hydrogen-bond acceptors (Lipinski definition) is 4. The minimum atomic E-state index is -0.237. The van der Waals surface area contributed by atoms with Crippen molar-refractivity contribution >= 4 is 16.8 Å². The molecule has 116 valence electrons. The van der Waals surface area contributed by atoms with Gasteiger partial charge in [-0.05, 0) is 36.2 Å². The number of hydrogen-bond donors (Lipinski definition) is 3. The Bertz CT molecular complexity index is 862. The molecule has 0 fully saturated rings. The van der Waals surface area contributed by atoms with E-state index in [1.54, 1.807) is 12.1 Å². The molecule has 0 aliphatic heterocycles. The maximum absolute atomic E-state index is 12.1. The Labute approximate surface area is 133 Å². The summed E-state index contributed by atoms with van der Waals surface area (Å²) in [6.07, 6.45) is 0.549. The van der Waals surface area contributed by atoms with E-state index in [-0.39, 0.29) is 17.4 Å². The number of phenolic OH excluding ortho intramolecular Hbond substituents is 2. The highest BCUT2D eigenvalue weighted by Gasteiger charge is 2.08. The molecule has 2 aromatic carbocycles. The minimum Gasteiger partial charge on any atom is -0.504 e. The number of benzene rings is 2. The first-order valence-electron chi connectivity index (χ1n) is 7.28. The Morgan fingerprint density at radius 1 is 1.00 bits per heavy atom. The fourth-order valence-electron chi connectivity index (χ4n) is 2.33. The van der Waals surface area contributed by atoms with Crippen LogP contribution in [0.15, 0.2) is 54.6 Å². The number of pyridine rings is 1. The molecule has 0 atom stereocenters. The van der Waals surface area contributed by atoms with Crippen molar-refractivity contribution in [1.29, 1.82) is 0 Å². The van der Waals surface area contributed by atoms with E-state index in [1.807, 2.05) is 30.3 Å². The molecule has 5 heteroatoms. The van der Waals surface area contributed by atoms with Crippen LogP contribution in [0.3, 0.4) is 0 Å². The normalized spacial score (nSPS) is 10.6. The second-order valence-corrected chi connectivity index (χ2v) is 5.22. The van der Waals surface area contributed by atoms with Gasteiger partial charge in [-0.1, -0.05) is 30.3 Å². The van der Waals surface area contributed by atoms with Crippen LogP contribution in [0, 0.1) is 0 Å². The van der Waals surface area contributed by atoms with Crippen LogP contribution in [0.1, 0.15) is 16.1 Å². The molecule has 0 bridgehead atoms. The molecule has 3 N–H and O–H groups in total. The number of amides is 1. The Kier molecular flexibility index (Phi) is 4.10. The van der Waals surface area contributed by atoms with Gasteiger partial charge in [-0.15, -0.1) is 0 Å². The quantitative estimate of drug-likeness (QED) is 0.647. The number of phenols is 2. The molecule has 0 aliphatic rings. The molecule has 0 saturated heterocycles. The third-order valence-corrected chi connectivity index (χ3v) is 3.57. The van der Waals surface area contributed by atoms with Crippen LogP contribution in [-0.2, 0) is 6.42 Å². The molecule has 3 rings (SSSR count). The van der Waals surface area contributed by atoms with E-state index < -0.39 is 0 Å². The summed E-state index contributed by atoms with van der Waals surface area (Å²) in [6.45, 7) is 0.414. The molecular weight excluding hydrogens is 292 g/mol. The second kappa shape index (κ2) is 6.36. The van der Waals surface area contributed by atoms with E-state index in [0.717, 1.165) is 16.5 Å². The van der Waals surface area contributed by atoms with E-state index in [4.69, 9.17) is 0 Å². The monoisotopic (exact) mass is 308 g/mol. The third kappa shape index (κ3) is 3.40. The summed E-state index contributed by atoms with van der Waals surface area (Å²) in [5.41, 5.74) is 1.98. The lowest BCUT2D eigenvalue weighted by molar-refractivity contribution is 0.0949. The number of rotatable bonds is 4. The Hall–Kier alpha value is -3.08. The van der Waals surface area contributed by atoms with Gasteiger partial charge < -0.3 is 15.5 Å². The molecule has 3 aromatic rings. The van der Waals surface area contributed by atoms with Gasteiger partial charge >= 0.3 is 0 Å². The zero-order valence-corrected chi connectivity index (χ0v) is 12.4. The average Bonchev–Trinajstić information content (AvgIpc) is 2.57. The first-order chi connectivity index (χ1) is 11.1. The minimum absolute atomic E-state index is 0.154. The maximum atomic E-state index is 12.1. The highest BCUT2D eigenvalue weighted by atomic mass is 16.3. The fraction of sp³-hybridized carbons (Fsp3) is 0.111. The largest absolute Gasteiger partial charge is 0.504 e. The summed E-state index contributed by atoms with van der Waals surface area (Å²) in [4.78, 5) is 16.5. The first-order valence-corrected chi connectivity index (χ1v) is 7.28. The molecule has 0 radical (unpaired) electrons. The predicted octanol–water partition coefficient (Wildman–Crippen LogP) is 2.62. The zero-order valence-electron chi connectivity index (χ0n) is 12.4. The predicted molar refractivity (Wildman–Crippen MR) is 87.6 cm³/mol. The van der Waals surface area contributed by atoms with Crippen molar-refractivity contribution in [2.24, 2.45) is 0 Å². The summed E-state index contributed by atoms with van der Waals surface area (Å²) < 4.78 is 0. The average molecular weight is 308 g/mol. The van der Waals surface area contributed by atoms with E-state index in [0.29, 0.717) is 18.7 Å². The number of aromatic nitrogens is 1. The molecule has 1 heterocycles. The number of carbonyl (C=O) groups is 1. The van der Waals surface area contributed by atoms with Crippen molar-refractivity contribution < 1.29 is 15.0 Å². The summed E-state index contributed by atoms with van der Waals surface area (Å²) in [6, 6.07) is 15.8. The first kappa shape index (κ1) is 14.8. The Morgan fingerprint density at radius 2 is 1.83 bits per heavy atom. The molecule has 0 saturated carbocycles. The Balaban J connectivity index is 1.62. The standard InChI is InChI=1S/C18H16N2O3/c21-16-8-5-12(11-17(16)22)9-10-19-18(23)15-7-6-13-3-1-2-4-14(13)20-15/h1-8,11,21-22H,9-10H2,(H,19,23). The maximum Gasteiger partial charge on any atom is 0.269 e. The zero-order chi connectivity index (χ0) is 16.2. The molecule has 1 amide bonds. The van der Waals surface area contributed by atoms with Gasteiger partial charge in [0.1, 0.15) is 5.69 Å². The molecule has 0 aliphatic carbocycles. The van der Waals surface area contributed by atoms with Crippen LogP contribution in [0.5, 0.6) is 11.5 Å². The smallest absolute Gasteiger partial charge is 0.269 e. The highest BCUT2D eigenvalue weighted by Crippen LogP contribution is 2.24. The lowest BCUT2D eigenvalue weighted by Gasteiger charge is -2.07.